The largest absolute Gasteiger partial charge is 0.465 e. The average molecular weight is 372 g/mol. The monoisotopic (exact) mass is 372 g/mol. The maximum Gasteiger partial charge on any atom is 0.319 e. The van der Waals surface area contributed by atoms with Crippen molar-refractivity contribution in [3.8, 4) is 0 Å². The van der Waals surface area contributed by atoms with Crippen molar-refractivity contribution < 1.29 is 14.0 Å². The van der Waals surface area contributed by atoms with Gasteiger partial charge in [0.05, 0.1) is 6.04 Å². The molecule has 7 heteroatoms. The molecule has 2 aromatic rings. The van der Waals surface area contributed by atoms with E-state index < -0.39 is 0 Å². The highest BCUT2D eigenvalue weighted by Gasteiger charge is 2.18. The number of urea groups is 1. The lowest BCUT2D eigenvalue weighted by atomic mass is 10.1. The van der Waals surface area contributed by atoms with E-state index in [9.17, 15) is 9.59 Å². The summed E-state index contributed by atoms with van der Waals surface area (Å²) >= 11 is 0. The summed E-state index contributed by atoms with van der Waals surface area (Å²) in [5.74, 6) is 1.57. The number of carbonyl (C=O) groups excluding carboxylic acids is 2. The van der Waals surface area contributed by atoms with E-state index in [1.807, 2.05) is 57.1 Å². The fourth-order valence-electron chi connectivity index (χ4n) is 2.61. The van der Waals surface area contributed by atoms with Crippen molar-refractivity contribution in [2.45, 2.75) is 33.2 Å². The highest BCUT2D eigenvalue weighted by Crippen LogP contribution is 2.22. The van der Waals surface area contributed by atoms with Crippen molar-refractivity contribution >= 4 is 23.3 Å². The van der Waals surface area contributed by atoms with Gasteiger partial charge in [0.1, 0.15) is 11.5 Å². The Labute approximate surface area is 160 Å². The Kier molecular flexibility index (Phi) is 7.01. The summed E-state index contributed by atoms with van der Waals surface area (Å²) in [7, 11) is 3.87. The van der Waals surface area contributed by atoms with Gasteiger partial charge < -0.3 is 20.4 Å². The van der Waals surface area contributed by atoms with Crippen LogP contribution in [0.2, 0.25) is 0 Å². The molecular weight excluding hydrogens is 344 g/mol. The number of rotatable bonds is 7. The Morgan fingerprint density at radius 1 is 1.11 bits per heavy atom. The fourth-order valence-corrected chi connectivity index (χ4v) is 2.61. The highest BCUT2D eigenvalue weighted by molar-refractivity contribution is 5.94. The first-order valence-electron chi connectivity index (χ1n) is 8.98. The van der Waals surface area contributed by atoms with Gasteiger partial charge in [0.15, 0.2) is 0 Å². The Balaban J connectivity index is 2.00. The summed E-state index contributed by atoms with van der Waals surface area (Å²) in [5.41, 5.74) is 2.21. The number of amides is 3. The lowest BCUT2D eigenvalue weighted by Gasteiger charge is -2.23. The number of carbonyl (C=O) groups is 2. The van der Waals surface area contributed by atoms with E-state index in [1.54, 1.807) is 13.0 Å². The standard InChI is InChI=1S/C20H28N4O3/c1-6-19(25)22-15-9-7-13(2)16(11-15)23-20(26)21-12-17(24(4)5)18-10-8-14(3)27-18/h7-11,17H,6,12H2,1-5H3,(H,22,25)(H2,21,23,26)/t17-/m1/s1. The van der Waals surface area contributed by atoms with Crippen molar-refractivity contribution in [2.75, 3.05) is 31.3 Å². The van der Waals surface area contributed by atoms with Crippen LogP contribution in [-0.4, -0.2) is 37.5 Å². The molecule has 0 aliphatic carbocycles. The van der Waals surface area contributed by atoms with Gasteiger partial charge in [0.2, 0.25) is 5.91 Å². The highest BCUT2D eigenvalue weighted by atomic mass is 16.3. The van der Waals surface area contributed by atoms with E-state index in [2.05, 4.69) is 16.0 Å². The van der Waals surface area contributed by atoms with Crippen LogP contribution in [0.4, 0.5) is 16.2 Å². The van der Waals surface area contributed by atoms with Crippen LogP contribution in [0.1, 0.15) is 36.5 Å². The van der Waals surface area contributed by atoms with E-state index in [1.165, 1.54) is 0 Å². The molecule has 0 unspecified atom stereocenters. The quantitative estimate of drug-likeness (QED) is 0.692. The van der Waals surface area contributed by atoms with Crippen LogP contribution >= 0.6 is 0 Å². The number of hydrogen-bond donors (Lipinski definition) is 3. The molecule has 0 aliphatic rings. The van der Waals surface area contributed by atoms with E-state index in [0.717, 1.165) is 17.1 Å². The molecule has 1 aromatic carbocycles. The van der Waals surface area contributed by atoms with E-state index in [-0.39, 0.29) is 18.0 Å². The summed E-state index contributed by atoms with van der Waals surface area (Å²) in [4.78, 5) is 25.9. The predicted octanol–water partition coefficient (Wildman–Crippen LogP) is 3.67. The lowest BCUT2D eigenvalue weighted by molar-refractivity contribution is -0.115. The average Bonchev–Trinajstić information content (AvgIpc) is 3.03. The summed E-state index contributed by atoms with van der Waals surface area (Å²) < 4.78 is 5.69. The second-order valence-corrected chi connectivity index (χ2v) is 6.69. The van der Waals surface area contributed by atoms with Crippen molar-refractivity contribution in [3.05, 3.63) is 47.4 Å². The number of furan rings is 1. The van der Waals surface area contributed by atoms with Gasteiger partial charge in [-0.2, -0.15) is 0 Å². The SMILES string of the molecule is CCC(=O)Nc1ccc(C)c(NC(=O)NC[C@H](c2ccc(C)o2)N(C)C)c1. The molecule has 0 saturated heterocycles. The number of benzene rings is 1. The molecule has 1 heterocycles. The zero-order valence-electron chi connectivity index (χ0n) is 16.6. The molecular formula is C20H28N4O3. The molecule has 2 rings (SSSR count). The van der Waals surface area contributed by atoms with Crippen LogP contribution in [0.3, 0.4) is 0 Å². The van der Waals surface area contributed by atoms with Gasteiger partial charge in [0.25, 0.3) is 0 Å². The minimum atomic E-state index is -0.313. The van der Waals surface area contributed by atoms with Gasteiger partial charge in [-0.15, -0.1) is 0 Å². The molecule has 1 aromatic heterocycles. The molecule has 0 spiro atoms. The number of likely N-dealkylation sites (N-methyl/N-ethyl adjacent to an activating group) is 1. The maximum absolute atomic E-state index is 12.4. The zero-order valence-corrected chi connectivity index (χ0v) is 16.6. The van der Waals surface area contributed by atoms with Gasteiger partial charge in [-0.25, -0.2) is 4.79 Å². The minimum Gasteiger partial charge on any atom is -0.465 e. The third-order valence-electron chi connectivity index (χ3n) is 4.26. The Morgan fingerprint density at radius 3 is 2.44 bits per heavy atom. The van der Waals surface area contributed by atoms with E-state index in [4.69, 9.17) is 4.42 Å². The first kappa shape index (κ1) is 20.5. The third kappa shape index (κ3) is 5.86. The van der Waals surface area contributed by atoms with Crippen LogP contribution in [0.25, 0.3) is 0 Å². The van der Waals surface area contributed by atoms with Gasteiger partial charge in [-0.1, -0.05) is 13.0 Å². The predicted molar refractivity (Wildman–Crippen MR) is 107 cm³/mol. The summed E-state index contributed by atoms with van der Waals surface area (Å²) in [6.07, 6.45) is 0.398. The van der Waals surface area contributed by atoms with Crippen LogP contribution in [0, 0.1) is 13.8 Å². The number of nitrogens with one attached hydrogen (secondary N) is 3. The van der Waals surface area contributed by atoms with Gasteiger partial charge in [-0.05, 0) is 57.8 Å². The number of anilines is 2. The number of nitrogens with zero attached hydrogens (tertiary/aromatic N) is 1. The van der Waals surface area contributed by atoms with E-state index in [0.29, 0.717) is 24.3 Å². The second kappa shape index (κ2) is 9.23. The molecule has 0 saturated carbocycles. The normalized spacial score (nSPS) is 11.9. The second-order valence-electron chi connectivity index (χ2n) is 6.69. The number of hydrogen-bond acceptors (Lipinski definition) is 4. The van der Waals surface area contributed by atoms with Crippen molar-refractivity contribution in [3.63, 3.8) is 0 Å². The molecule has 0 aliphatic heterocycles. The summed E-state index contributed by atoms with van der Waals surface area (Å²) in [5, 5.41) is 8.51. The summed E-state index contributed by atoms with van der Waals surface area (Å²) in [6.45, 7) is 5.98. The van der Waals surface area contributed by atoms with Gasteiger partial charge in [-0.3, -0.25) is 9.69 Å². The molecule has 27 heavy (non-hydrogen) atoms. The molecule has 3 amide bonds. The first-order chi connectivity index (χ1) is 12.8. The van der Waals surface area contributed by atoms with E-state index >= 15 is 0 Å². The van der Waals surface area contributed by atoms with Crippen LogP contribution < -0.4 is 16.0 Å². The fraction of sp³-hybridized carbons (Fsp3) is 0.400. The Bertz CT molecular complexity index is 798. The zero-order chi connectivity index (χ0) is 20.0. The van der Waals surface area contributed by atoms with Crippen LogP contribution in [0.5, 0.6) is 0 Å². The molecule has 146 valence electrons. The minimum absolute atomic E-state index is 0.0688. The molecule has 1 atom stereocenters. The van der Waals surface area contributed by atoms with Crippen molar-refractivity contribution in [1.82, 2.24) is 10.2 Å². The van der Waals surface area contributed by atoms with Gasteiger partial charge >= 0.3 is 6.03 Å². The molecule has 7 nitrogen and oxygen atoms in total. The molecule has 0 bridgehead atoms. The summed E-state index contributed by atoms with van der Waals surface area (Å²) in [6, 6.07) is 8.87. The van der Waals surface area contributed by atoms with Gasteiger partial charge in [0, 0.05) is 24.3 Å². The topological polar surface area (TPSA) is 86.6 Å². The van der Waals surface area contributed by atoms with Crippen molar-refractivity contribution in [2.24, 2.45) is 0 Å². The molecule has 3 N–H and O–H groups in total. The van der Waals surface area contributed by atoms with Crippen molar-refractivity contribution in [1.29, 1.82) is 0 Å². The van der Waals surface area contributed by atoms with Crippen LogP contribution in [0.15, 0.2) is 34.7 Å². The van der Waals surface area contributed by atoms with Crippen LogP contribution in [-0.2, 0) is 4.79 Å². The Hall–Kier alpha value is -2.80. The third-order valence-corrected chi connectivity index (χ3v) is 4.26. The smallest absolute Gasteiger partial charge is 0.319 e. The maximum atomic E-state index is 12.4. The first-order valence-corrected chi connectivity index (χ1v) is 8.98. The number of aryl methyl sites for hydroxylation is 2. The molecule has 0 radical (unpaired) electrons. The lowest BCUT2D eigenvalue weighted by Crippen LogP contribution is -2.36. The molecule has 0 fully saturated rings. The Morgan fingerprint density at radius 2 is 1.85 bits per heavy atom.